The number of aliphatic hydroxyl groups excluding tert-OH is 2. The molecule has 3 heteroatoms. The van der Waals surface area contributed by atoms with Crippen LogP contribution in [0, 0.1) is 29.1 Å². The Labute approximate surface area is 182 Å². The van der Waals surface area contributed by atoms with Crippen molar-refractivity contribution in [1.29, 1.82) is 0 Å². The number of hydrogen-bond acceptors (Lipinski definition) is 3. The molecule has 0 bridgehead atoms. The molecular formula is C27H40O3. The van der Waals surface area contributed by atoms with Crippen LogP contribution in [-0.2, 0) is 4.79 Å². The molecule has 0 aliphatic heterocycles. The summed E-state index contributed by atoms with van der Waals surface area (Å²) in [4.78, 5) is 11.6. The lowest BCUT2D eigenvalue weighted by Crippen LogP contribution is -2.34. The number of fused-ring (bicyclic) bond motifs is 1. The Morgan fingerprint density at radius 3 is 2.63 bits per heavy atom. The lowest BCUT2D eigenvalue weighted by Gasteiger charge is -2.42. The van der Waals surface area contributed by atoms with Crippen molar-refractivity contribution in [2.75, 3.05) is 0 Å². The van der Waals surface area contributed by atoms with Gasteiger partial charge in [-0.2, -0.15) is 0 Å². The van der Waals surface area contributed by atoms with Crippen molar-refractivity contribution in [2.45, 2.75) is 85.4 Å². The van der Waals surface area contributed by atoms with Crippen LogP contribution in [0.15, 0.2) is 47.1 Å². The van der Waals surface area contributed by atoms with E-state index in [9.17, 15) is 15.0 Å². The van der Waals surface area contributed by atoms with Crippen molar-refractivity contribution in [3.63, 3.8) is 0 Å². The fourth-order valence-electron chi connectivity index (χ4n) is 6.07. The van der Waals surface area contributed by atoms with Gasteiger partial charge in [-0.3, -0.25) is 4.79 Å². The van der Waals surface area contributed by atoms with Crippen molar-refractivity contribution in [3.8, 4) is 0 Å². The standard InChI is InChI=1S/C27H40O3/c1-17(20(4)28)8-9-18(2)24-12-13-25-21(7-6-14-27(24,25)5)10-11-22-15-23(29)16-26(30)19(22)3/h7-11,17-18,23-26,29-30H,6,12-16H2,1-5H3/b9-8+,11-10-/t17-,18+,23+,24?,25?,26-,27+/m0/s1. The molecule has 0 aromatic rings. The van der Waals surface area contributed by atoms with E-state index >= 15 is 0 Å². The molecule has 7 atom stereocenters. The zero-order valence-electron chi connectivity index (χ0n) is 19.4. The first-order valence-electron chi connectivity index (χ1n) is 11.8. The van der Waals surface area contributed by atoms with Gasteiger partial charge in [-0.1, -0.05) is 51.2 Å². The van der Waals surface area contributed by atoms with Crippen LogP contribution >= 0.6 is 0 Å². The number of rotatable bonds is 6. The zero-order valence-corrected chi connectivity index (χ0v) is 19.4. The maximum atomic E-state index is 11.6. The predicted molar refractivity (Wildman–Crippen MR) is 123 cm³/mol. The van der Waals surface area contributed by atoms with Gasteiger partial charge in [0, 0.05) is 12.3 Å². The minimum Gasteiger partial charge on any atom is -0.393 e. The molecule has 0 radical (unpaired) electrons. The highest BCUT2D eigenvalue weighted by atomic mass is 16.3. The van der Waals surface area contributed by atoms with E-state index in [1.807, 2.05) is 13.8 Å². The van der Waals surface area contributed by atoms with Crippen molar-refractivity contribution in [3.05, 3.63) is 47.1 Å². The third-order valence-corrected chi connectivity index (χ3v) is 8.29. The summed E-state index contributed by atoms with van der Waals surface area (Å²) in [7, 11) is 0. The SMILES string of the molecule is CC(=O)[C@@H](C)/C=C/[C@@H](C)C1CCC2C(/C=C\C3=C(C)[C@@H](O)C[C@H](O)C3)=CCC[C@@]21C. The largest absolute Gasteiger partial charge is 0.393 e. The van der Waals surface area contributed by atoms with Crippen LogP contribution in [0.1, 0.15) is 73.1 Å². The van der Waals surface area contributed by atoms with Gasteiger partial charge in [0.2, 0.25) is 0 Å². The Morgan fingerprint density at radius 1 is 1.20 bits per heavy atom. The van der Waals surface area contributed by atoms with Crippen molar-refractivity contribution >= 4 is 5.78 Å². The summed E-state index contributed by atoms with van der Waals surface area (Å²) in [6.07, 6.45) is 16.0. The van der Waals surface area contributed by atoms with Gasteiger partial charge in [-0.05, 0) is 85.8 Å². The van der Waals surface area contributed by atoms with E-state index in [1.165, 1.54) is 24.8 Å². The third-order valence-electron chi connectivity index (χ3n) is 8.29. The van der Waals surface area contributed by atoms with Gasteiger partial charge in [0.05, 0.1) is 12.2 Å². The van der Waals surface area contributed by atoms with Crippen molar-refractivity contribution < 1.29 is 15.0 Å². The van der Waals surface area contributed by atoms with Crippen molar-refractivity contribution in [1.82, 2.24) is 0 Å². The molecule has 3 aliphatic rings. The van der Waals surface area contributed by atoms with Gasteiger partial charge >= 0.3 is 0 Å². The molecule has 3 rings (SSSR count). The molecule has 0 aromatic heterocycles. The lowest BCUT2D eigenvalue weighted by atomic mass is 9.62. The Kier molecular flexibility index (Phi) is 7.24. The summed E-state index contributed by atoms with van der Waals surface area (Å²) >= 11 is 0. The first kappa shape index (κ1) is 23.2. The Balaban J connectivity index is 1.75. The fraction of sp³-hybridized carbons (Fsp3) is 0.667. The van der Waals surface area contributed by atoms with Crippen LogP contribution in [0.2, 0.25) is 0 Å². The summed E-state index contributed by atoms with van der Waals surface area (Å²) in [5.74, 6) is 1.89. The van der Waals surface area contributed by atoms with E-state index in [4.69, 9.17) is 0 Å². The van der Waals surface area contributed by atoms with E-state index < -0.39 is 12.2 Å². The van der Waals surface area contributed by atoms with Crippen molar-refractivity contribution in [2.24, 2.45) is 29.1 Å². The highest BCUT2D eigenvalue weighted by Crippen LogP contribution is 2.58. The molecule has 0 amide bonds. The normalized spacial score (nSPS) is 36.8. The number of hydrogen-bond donors (Lipinski definition) is 2. The lowest BCUT2D eigenvalue weighted by molar-refractivity contribution is -0.118. The smallest absolute Gasteiger partial charge is 0.136 e. The molecule has 0 aromatic carbocycles. The van der Waals surface area contributed by atoms with Crippen LogP contribution < -0.4 is 0 Å². The highest BCUT2D eigenvalue weighted by Gasteiger charge is 2.49. The minimum absolute atomic E-state index is 0.0000820. The molecule has 3 aliphatic carbocycles. The van der Waals surface area contributed by atoms with Gasteiger partial charge in [-0.25, -0.2) is 0 Å². The molecule has 2 N–H and O–H groups in total. The molecule has 0 saturated heterocycles. The van der Waals surface area contributed by atoms with Crippen LogP contribution in [0.25, 0.3) is 0 Å². The number of ketones is 1. The minimum atomic E-state index is -0.528. The summed E-state index contributed by atoms with van der Waals surface area (Å²) < 4.78 is 0. The number of aliphatic hydroxyl groups is 2. The summed E-state index contributed by atoms with van der Waals surface area (Å²) in [5, 5.41) is 20.2. The number of carbonyl (C=O) groups is 1. The van der Waals surface area contributed by atoms with Gasteiger partial charge in [0.1, 0.15) is 5.78 Å². The average molecular weight is 413 g/mol. The third kappa shape index (κ3) is 4.73. The van der Waals surface area contributed by atoms with E-state index in [0.29, 0.717) is 30.6 Å². The zero-order chi connectivity index (χ0) is 22.1. The van der Waals surface area contributed by atoms with Crippen LogP contribution in [0.5, 0.6) is 0 Å². The Bertz CT molecular complexity index is 771. The monoisotopic (exact) mass is 412 g/mol. The topological polar surface area (TPSA) is 57.5 Å². The molecule has 2 unspecified atom stereocenters. The first-order valence-corrected chi connectivity index (χ1v) is 11.8. The van der Waals surface area contributed by atoms with Gasteiger partial charge in [0.25, 0.3) is 0 Å². The maximum Gasteiger partial charge on any atom is 0.136 e. The Hall–Kier alpha value is -1.45. The average Bonchev–Trinajstić information content (AvgIpc) is 3.04. The molecule has 1 fully saturated rings. The second kappa shape index (κ2) is 9.36. The first-order chi connectivity index (χ1) is 14.1. The molecular weight excluding hydrogens is 372 g/mol. The second-order valence-electron chi connectivity index (χ2n) is 10.3. The van der Waals surface area contributed by atoms with Crippen LogP contribution in [0.3, 0.4) is 0 Å². The summed E-state index contributed by atoms with van der Waals surface area (Å²) in [5.41, 5.74) is 3.79. The fourth-order valence-corrected chi connectivity index (χ4v) is 6.07. The van der Waals surface area contributed by atoms with E-state index in [0.717, 1.165) is 17.6 Å². The molecule has 0 heterocycles. The summed E-state index contributed by atoms with van der Waals surface area (Å²) in [6, 6.07) is 0. The Morgan fingerprint density at radius 2 is 1.93 bits per heavy atom. The van der Waals surface area contributed by atoms with E-state index in [-0.39, 0.29) is 17.1 Å². The quantitative estimate of drug-likeness (QED) is 0.563. The second-order valence-corrected chi connectivity index (χ2v) is 10.3. The predicted octanol–water partition coefficient (Wildman–Crippen LogP) is 5.54. The van der Waals surface area contributed by atoms with E-state index in [1.54, 1.807) is 6.92 Å². The van der Waals surface area contributed by atoms with Gasteiger partial charge in [0.15, 0.2) is 0 Å². The number of Topliss-reactive ketones (excluding diaryl/α,β-unsaturated/α-hetero) is 1. The number of allylic oxidation sites excluding steroid dienone is 6. The van der Waals surface area contributed by atoms with Gasteiger partial charge in [-0.15, -0.1) is 0 Å². The molecule has 166 valence electrons. The molecule has 0 spiro atoms. The van der Waals surface area contributed by atoms with Crippen LogP contribution in [0.4, 0.5) is 0 Å². The molecule has 30 heavy (non-hydrogen) atoms. The van der Waals surface area contributed by atoms with Crippen LogP contribution in [-0.4, -0.2) is 28.2 Å². The van der Waals surface area contributed by atoms with E-state index in [2.05, 4.69) is 44.2 Å². The number of carbonyl (C=O) groups excluding carboxylic acids is 1. The summed E-state index contributed by atoms with van der Waals surface area (Å²) in [6.45, 7) is 10.4. The molecule has 3 nitrogen and oxygen atoms in total. The maximum absolute atomic E-state index is 11.6. The molecule has 1 saturated carbocycles. The van der Waals surface area contributed by atoms with Gasteiger partial charge < -0.3 is 10.2 Å². The highest BCUT2D eigenvalue weighted by molar-refractivity contribution is 5.79.